The molecule has 0 fully saturated rings. The fourth-order valence-electron chi connectivity index (χ4n) is 2.79. The highest BCUT2D eigenvalue weighted by Crippen LogP contribution is 2.26. The lowest BCUT2D eigenvalue weighted by Crippen LogP contribution is -2.50. The second kappa shape index (κ2) is 10.7. The van der Waals surface area contributed by atoms with Gasteiger partial charge in [-0.1, -0.05) is 59.6 Å². The van der Waals surface area contributed by atoms with Gasteiger partial charge in [-0.05, 0) is 44.0 Å². The van der Waals surface area contributed by atoms with Gasteiger partial charge in [0.05, 0.1) is 12.6 Å². The monoisotopic (exact) mass is 452 g/mol. The summed E-state index contributed by atoms with van der Waals surface area (Å²) in [5.41, 5.74) is 0.675. The van der Waals surface area contributed by atoms with E-state index in [4.69, 9.17) is 27.9 Å². The van der Waals surface area contributed by atoms with Gasteiger partial charge >= 0.3 is 6.09 Å². The quantitative estimate of drug-likeness (QED) is 0.584. The zero-order chi connectivity index (χ0) is 22.3. The molecule has 0 aliphatic heterocycles. The third-order valence-corrected chi connectivity index (χ3v) is 4.69. The first-order valence-electron chi connectivity index (χ1n) is 9.48. The Morgan fingerprint density at radius 2 is 1.73 bits per heavy atom. The molecule has 2 atom stereocenters. The lowest BCUT2D eigenvalue weighted by atomic mass is 10.0. The molecule has 0 aliphatic rings. The number of carbonyl (C=O) groups excluding carboxylic acids is 2. The van der Waals surface area contributed by atoms with Crippen molar-refractivity contribution >= 4 is 35.2 Å². The van der Waals surface area contributed by atoms with Crippen molar-refractivity contribution in [3.63, 3.8) is 0 Å². The second-order valence-corrected chi connectivity index (χ2v) is 8.64. The van der Waals surface area contributed by atoms with E-state index in [1.165, 1.54) is 6.07 Å². The number of aliphatic hydroxyl groups is 1. The Labute approximate surface area is 186 Å². The van der Waals surface area contributed by atoms with Gasteiger partial charge in [0, 0.05) is 16.5 Å². The van der Waals surface area contributed by atoms with E-state index in [9.17, 15) is 14.7 Å². The molecule has 2 aromatic carbocycles. The lowest BCUT2D eigenvalue weighted by Gasteiger charge is -2.25. The largest absolute Gasteiger partial charge is 0.444 e. The number of halogens is 2. The number of nitrogens with one attached hydrogen (secondary N) is 2. The first kappa shape index (κ1) is 24.0. The maximum atomic E-state index is 13.0. The van der Waals surface area contributed by atoms with Gasteiger partial charge in [0.1, 0.15) is 11.6 Å². The van der Waals surface area contributed by atoms with Crippen LogP contribution < -0.4 is 10.6 Å². The third kappa shape index (κ3) is 7.52. The van der Waals surface area contributed by atoms with E-state index >= 15 is 0 Å². The van der Waals surface area contributed by atoms with Crippen molar-refractivity contribution < 1.29 is 19.4 Å². The average Bonchev–Trinajstić information content (AvgIpc) is 2.65. The van der Waals surface area contributed by atoms with E-state index < -0.39 is 29.7 Å². The number of carbonyl (C=O) groups is 2. The predicted molar refractivity (Wildman–Crippen MR) is 118 cm³/mol. The fraction of sp³-hybridized carbons (Fsp3) is 0.364. The molecular formula is C22H26Cl2N2O4. The number of rotatable bonds is 7. The van der Waals surface area contributed by atoms with Crippen molar-refractivity contribution in [2.24, 2.45) is 0 Å². The molecule has 0 saturated heterocycles. The van der Waals surface area contributed by atoms with Crippen LogP contribution in [-0.2, 0) is 16.0 Å². The average molecular weight is 453 g/mol. The van der Waals surface area contributed by atoms with Crippen LogP contribution in [0.3, 0.4) is 0 Å². The smallest absolute Gasteiger partial charge is 0.408 e. The molecule has 0 bridgehead atoms. The van der Waals surface area contributed by atoms with E-state index in [-0.39, 0.29) is 13.0 Å². The Hall–Kier alpha value is -2.28. The van der Waals surface area contributed by atoms with Crippen LogP contribution in [0.5, 0.6) is 0 Å². The molecule has 0 aromatic heterocycles. The molecule has 0 spiro atoms. The van der Waals surface area contributed by atoms with E-state index in [0.29, 0.717) is 15.6 Å². The minimum atomic E-state index is -0.914. The second-order valence-electron chi connectivity index (χ2n) is 7.80. The topological polar surface area (TPSA) is 87.7 Å². The first-order chi connectivity index (χ1) is 14.1. The van der Waals surface area contributed by atoms with Crippen molar-refractivity contribution in [1.82, 2.24) is 10.6 Å². The van der Waals surface area contributed by atoms with Gasteiger partial charge in [-0.25, -0.2) is 4.79 Å². The molecule has 6 nitrogen and oxygen atoms in total. The van der Waals surface area contributed by atoms with Crippen LogP contribution in [0.1, 0.15) is 37.9 Å². The summed E-state index contributed by atoms with van der Waals surface area (Å²) >= 11 is 12.1. The minimum absolute atomic E-state index is 0.248. The molecule has 8 heteroatoms. The van der Waals surface area contributed by atoms with Crippen molar-refractivity contribution in [3.05, 3.63) is 69.7 Å². The summed E-state index contributed by atoms with van der Waals surface area (Å²) in [6.45, 7) is 4.84. The molecule has 2 amide bonds. The highest BCUT2D eigenvalue weighted by molar-refractivity contribution is 6.35. The van der Waals surface area contributed by atoms with Gasteiger partial charge in [0.25, 0.3) is 0 Å². The van der Waals surface area contributed by atoms with Gasteiger partial charge in [-0.2, -0.15) is 0 Å². The van der Waals surface area contributed by atoms with E-state index in [2.05, 4.69) is 10.6 Å². The number of hydrogen-bond acceptors (Lipinski definition) is 4. The van der Waals surface area contributed by atoms with Crippen molar-refractivity contribution in [1.29, 1.82) is 0 Å². The summed E-state index contributed by atoms with van der Waals surface area (Å²) in [4.78, 5) is 25.3. The Morgan fingerprint density at radius 1 is 1.07 bits per heavy atom. The maximum Gasteiger partial charge on any atom is 0.408 e. The van der Waals surface area contributed by atoms with Crippen LogP contribution in [0.15, 0.2) is 48.5 Å². The van der Waals surface area contributed by atoms with Crippen molar-refractivity contribution in [3.8, 4) is 0 Å². The van der Waals surface area contributed by atoms with Crippen molar-refractivity contribution in [2.75, 3.05) is 6.61 Å². The summed E-state index contributed by atoms with van der Waals surface area (Å²) in [5.74, 6) is -0.477. The highest BCUT2D eigenvalue weighted by Gasteiger charge is 2.27. The minimum Gasteiger partial charge on any atom is -0.444 e. The van der Waals surface area contributed by atoms with Gasteiger partial charge in [-0.15, -0.1) is 0 Å². The van der Waals surface area contributed by atoms with E-state index in [1.807, 2.05) is 30.3 Å². The van der Waals surface area contributed by atoms with Crippen LogP contribution in [0.2, 0.25) is 10.0 Å². The van der Waals surface area contributed by atoms with Gasteiger partial charge in [-0.3, -0.25) is 4.79 Å². The highest BCUT2D eigenvalue weighted by atomic mass is 35.5. The molecule has 30 heavy (non-hydrogen) atoms. The summed E-state index contributed by atoms with van der Waals surface area (Å²) in [6, 6.07) is 12.4. The Balaban J connectivity index is 2.20. The summed E-state index contributed by atoms with van der Waals surface area (Å²) < 4.78 is 5.29. The molecule has 3 N–H and O–H groups in total. The van der Waals surface area contributed by atoms with Gasteiger partial charge in [0.2, 0.25) is 5.91 Å². The summed E-state index contributed by atoms with van der Waals surface area (Å²) in [5, 5.41) is 15.9. The molecular weight excluding hydrogens is 427 g/mol. The van der Waals surface area contributed by atoms with E-state index in [0.717, 1.165) is 5.56 Å². The number of benzene rings is 2. The molecule has 0 saturated carbocycles. The Bertz CT molecular complexity index is 869. The molecule has 2 unspecified atom stereocenters. The maximum absolute atomic E-state index is 13.0. The first-order valence-corrected chi connectivity index (χ1v) is 10.2. The van der Waals surface area contributed by atoms with Crippen LogP contribution >= 0.6 is 23.2 Å². The van der Waals surface area contributed by atoms with Crippen LogP contribution in [0, 0.1) is 0 Å². The van der Waals surface area contributed by atoms with Gasteiger partial charge in [0.15, 0.2) is 0 Å². The van der Waals surface area contributed by atoms with Crippen molar-refractivity contribution in [2.45, 2.75) is 44.9 Å². The molecule has 2 rings (SSSR count). The number of hydrogen-bond donors (Lipinski definition) is 3. The number of alkyl carbamates (subject to hydrolysis) is 1. The number of ether oxygens (including phenoxy) is 1. The molecule has 0 heterocycles. The molecule has 0 radical (unpaired) electrons. The zero-order valence-electron chi connectivity index (χ0n) is 17.1. The normalized spacial score (nSPS) is 13.3. The molecule has 2 aromatic rings. The predicted octanol–water partition coefficient (Wildman–Crippen LogP) is 4.28. The summed E-state index contributed by atoms with van der Waals surface area (Å²) in [7, 11) is 0. The lowest BCUT2D eigenvalue weighted by molar-refractivity contribution is -0.124. The third-order valence-electron chi connectivity index (χ3n) is 4.13. The molecule has 162 valence electrons. The SMILES string of the molecule is CC(C)(C)OC(=O)NC(Cc1ccccc1)C(=O)NC(CO)c1ccc(Cl)cc1Cl. The van der Waals surface area contributed by atoms with Crippen LogP contribution in [0.25, 0.3) is 0 Å². The molecule has 0 aliphatic carbocycles. The Morgan fingerprint density at radius 3 is 2.30 bits per heavy atom. The Kier molecular flexibility index (Phi) is 8.53. The zero-order valence-corrected chi connectivity index (χ0v) is 18.6. The number of amides is 2. The summed E-state index contributed by atoms with van der Waals surface area (Å²) in [6.07, 6.45) is -0.457. The fourth-order valence-corrected chi connectivity index (χ4v) is 3.33. The standard InChI is InChI=1S/C22H26Cl2N2O4/c1-22(2,3)30-21(29)26-18(11-14-7-5-4-6-8-14)20(28)25-19(13-27)16-10-9-15(23)12-17(16)24/h4-10,12,18-19,27H,11,13H2,1-3H3,(H,25,28)(H,26,29). The van der Waals surface area contributed by atoms with Crippen LogP contribution in [0.4, 0.5) is 4.79 Å². The van der Waals surface area contributed by atoms with Gasteiger partial charge < -0.3 is 20.5 Å². The van der Waals surface area contributed by atoms with Crippen LogP contribution in [-0.4, -0.2) is 35.4 Å². The number of aliphatic hydroxyl groups excluding tert-OH is 1. The van der Waals surface area contributed by atoms with E-state index in [1.54, 1.807) is 32.9 Å².